The summed E-state index contributed by atoms with van der Waals surface area (Å²) in [7, 11) is 1.20. The van der Waals surface area contributed by atoms with Gasteiger partial charge in [0.15, 0.2) is 0 Å². The lowest BCUT2D eigenvalue weighted by Crippen LogP contribution is -2.55. The Morgan fingerprint density at radius 1 is 0.930 bits per heavy atom. The maximum absolute atomic E-state index is 13.4. The molecule has 11 nitrogen and oxygen atoms in total. The maximum Gasteiger partial charge on any atom is 0.341 e. The van der Waals surface area contributed by atoms with Crippen LogP contribution in [0.15, 0.2) is 24.3 Å². The number of nitrogens with two attached hydrogens (primary N) is 1. The number of anilines is 1. The maximum atomic E-state index is 13.4. The average molecular weight is 620 g/mol. The lowest BCUT2D eigenvalue weighted by Gasteiger charge is -2.24. The van der Waals surface area contributed by atoms with Crippen molar-refractivity contribution in [1.82, 2.24) is 16.0 Å². The summed E-state index contributed by atoms with van der Waals surface area (Å²) < 4.78 is 18.3. The largest absolute Gasteiger partial charge is 0.465 e. The SMILES string of the molecule is CCC(C(=O)Nc1sc(C(=O)NCCNC(=O)[C@@H](NC(=O)[C@@H](N)C(C)C)C(C)C)c(C)c1C(=O)OC)c1ccc(F)cc1. The van der Waals surface area contributed by atoms with Crippen LogP contribution >= 0.6 is 11.3 Å². The number of rotatable bonds is 14. The first-order valence-corrected chi connectivity index (χ1v) is 14.9. The van der Waals surface area contributed by atoms with Gasteiger partial charge in [-0.2, -0.15) is 0 Å². The van der Waals surface area contributed by atoms with Gasteiger partial charge in [0, 0.05) is 13.1 Å². The Hall–Kier alpha value is -3.84. The molecule has 13 heteroatoms. The summed E-state index contributed by atoms with van der Waals surface area (Å²) in [4.78, 5) is 64.1. The van der Waals surface area contributed by atoms with Gasteiger partial charge < -0.3 is 31.7 Å². The van der Waals surface area contributed by atoms with Crippen LogP contribution in [0.25, 0.3) is 0 Å². The van der Waals surface area contributed by atoms with Crippen molar-refractivity contribution < 1.29 is 33.1 Å². The van der Waals surface area contributed by atoms with Gasteiger partial charge in [0.05, 0.1) is 29.5 Å². The summed E-state index contributed by atoms with van der Waals surface area (Å²) in [5, 5.41) is 11.0. The van der Waals surface area contributed by atoms with Gasteiger partial charge in [-0.1, -0.05) is 46.8 Å². The Balaban J connectivity index is 2.10. The summed E-state index contributed by atoms with van der Waals surface area (Å²) in [6.45, 7) is 10.7. The highest BCUT2D eigenvalue weighted by Gasteiger charge is 2.29. The van der Waals surface area contributed by atoms with E-state index in [4.69, 9.17) is 10.5 Å². The Kier molecular flexibility index (Phi) is 13.3. The second-order valence-electron chi connectivity index (χ2n) is 10.8. The Bertz CT molecular complexity index is 1310. The molecule has 0 aliphatic carbocycles. The van der Waals surface area contributed by atoms with Gasteiger partial charge in [-0.15, -0.1) is 11.3 Å². The Labute approximate surface area is 255 Å². The topological polar surface area (TPSA) is 169 Å². The van der Waals surface area contributed by atoms with Crippen molar-refractivity contribution >= 4 is 45.9 Å². The van der Waals surface area contributed by atoms with Crippen LogP contribution in [0.5, 0.6) is 0 Å². The number of benzene rings is 1. The molecule has 6 N–H and O–H groups in total. The van der Waals surface area contributed by atoms with E-state index in [2.05, 4.69) is 21.3 Å². The molecule has 0 bridgehead atoms. The molecule has 1 aromatic carbocycles. The third-order valence-electron chi connectivity index (χ3n) is 6.95. The minimum Gasteiger partial charge on any atom is -0.465 e. The molecule has 3 atom stereocenters. The zero-order chi connectivity index (χ0) is 32.4. The van der Waals surface area contributed by atoms with Crippen molar-refractivity contribution in [3.63, 3.8) is 0 Å². The molecule has 1 unspecified atom stereocenters. The molecule has 0 radical (unpaired) electrons. The van der Waals surface area contributed by atoms with E-state index in [1.54, 1.807) is 20.8 Å². The highest BCUT2D eigenvalue weighted by atomic mass is 32.1. The van der Waals surface area contributed by atoms with Gasteiger partial charge in [0.1, 0.15) is 16.9 Å². The van der Waals surface area contributed by atoms with E-state index in [9.17, 15) is 28.4 Å². The highest BCUT2D eigenvalue weighted by molar-refractivity contribution is 7.18. The zero-order valence-corrected chi connectivity index (χ0v) is 26.4. The molecule has 1 aromatic heterocycles. The molecule has 1 heterocycles. The third-order valence-corrected chi connectivity index (χ3v) is 8.16. The molecule has 0 saturated heterocycles. The van der Waals surface area contributed by atoms with E-state index in [0.717, 1.165) is 11.3 Å². The average Bonchev–Trinajstić information content (AvgIpc) is 3.29. The molecule has 236 valence electrons. The first kappa shape index (κ1) is 35.4. The van der Waals surface area contributed by atoms with Gasteiger partial charge in [-0.05, 0) is 48.4 Å². The van der Waals surface area contributed by atoms with Crippen molar-refractivity contribution in [2.45, 2.75) is 66.0 Å². The van der Waals surface area contributed by atoms with Crippen LogP contribution in [-0.4, -0.2) is 61.9 Å². The van der Waals surface area contributed by atoms with Crippen molar-refractivity contribution in [3.05, 3.63) is 51.7 Å². The second kappa shape index (κ2) is 16.1. The van der Waals surface area contributed by atoms with Crippen LogP contribution in [0.1, 0.15) is 78.1 Å². The summed E-state index contributed by atoms with van der Waals surface area (Å²) in [6.07, 6.45) is 0.417. The third kappa shape index (κ3) is 9.32. The molecule has 4 amide bonds. The fraction of sp³-hybridized carbons (Fsp3) is 0.500. The van der Waals surface area contributed by atoms with Crippen LogP contribution in [0.4, 0.5) is 9.39 Å². The van der Waals surface area contributed by atoms with Gasteiger partial charge in [0.2, 0.25) is 17.7 Å². The number of carbonyl (C=O) groups excluding carboxylic acids is 5. The predicted octanol–water partition coefficient (Wildman–Crippen LogP) is 3.08. The fourth-order valence-electron chi connectivity index (χ4n) is 4.27. The molecule has 0 saturated carbocycles. The standard InChI is InChI=1S/C30H42FN5O6S/c1-8-20(18-9-11-19(31)12-10-18)25(37)36-29-21(30(41)42-7)17(6)24(43-29)28(40)34-14-13-33-27(39)23(16(4)5)35-26(38)22(32)15(2)3/h9-12,15-16,20,22-23H,8,13-14,32H2,1-7H3,(H,33,39)(H,34,40)(H,35,38)(H,36,37)/t20?,22-,23-/m0/s1. The van der Waals surface area contributed by atoms with E-state index in [0.29, 0.717) is 17.5 Å². The predicted molar refractivity (Wildman–Crippen MR) is 163 cm³/mol. The van der Waals surface area contributed by atoms with Crippen molar-refractivity contribution in [2.24, 2.45) is 17.6 Å². The first-order chi connectivity index (χ1) is 20.2. The summed E-state index contributed by atoms with van der Waals surface area (Å²) in [5.74, 6) is -3.81. The molecule has 43 heavy (non-hydrogen) atoms. The molecule has 2 aromatic rings. The number of carbonyl (C=O) groups is 5. The number of methoxy groups -OCH3 is 1. The summed E-state index contributed by atoms with van der Waals surface area (Å²) in [5.41, 5.74) is 6.89. The Morgan fingerprint density at radius 3 is 2.07 bits per heavy atom. The first-order valence-electron chi connectivity index (χ1n) is 14.1. The number of hydrogen-bond donors (Lipinski definition) is 5. The van der Waals surface area contributed by atoms with Crippen LogP contribution in [0.2, 0.25) is 0 Å². The lowest BCUT2D eigenvalue weighted by molar-refractivity contribution is -0.131. The van der Waals surface area contributed by atoms with Crippen LogP contribution < -0.4 is 27.0 Å². The number of amides is 4. The quantitative estimate of drug-likeness (QED) is 0.160. The number of thiophene rings is 1. The molecule has 0 aliphatic rings. The molecule has 0 spiro atoms. The van der Waals surface area contributed by atoms with Gasteiger partial charge in [-0.3, -0.25) is 19.2 Å². The monoisotopic (exact) mass is 619 g/mol. The van der Waals surface area contributed by atoms with E-state index in [1.165, 1.54) is 31.4 Å². The normalized spacial score (nSPS) is 13.2. The molecule has 0 fully saturated rings. The van der Waals surface area contributed by atoms with Gasteiger partial charge in [0.25, 0.3) is 5.91 Å². The summed E-state index contributed by atoms with van der Waals surface area (Å²) >= 11 is 0.925. The van der Waals surface area contributed by atoms with Crippen LogP contribution in [-0.2, 0) is 19.1 Å². The Morgan fingerprint density at radius 2 is 1.53 bits per heavy atom. The number of esters is 1. The number of halogens is 1. The van der Waals surface area contributed by atoms with Crippen molar-refractivity contribution in [1.29, 1.82) is 0 Å². The lowest BCUT2D eigenvalue weighted by atomic mass is 9.95. The van der Waals surface area contributed by atoms with E-state index >= 15 is 0 Å². The van der Waals surface area contributed by atoms with Crippen LogP contribution in [0, 0.1) is 24.6 Å². The minimum absolute atomic E-state index is 0.0587. The molecule has 2 rings (SSSR count). The van der Waals surface area contributed by atoms with Crippen molar-refractivity contribution in [2.75, 3.05) is 25.5 Å². The number of ether oxygens (including phenoxy) is 1. The molecular weight excluding hydrogens is 577 g/mol. The van der Waals surface area contributed by atoms with Crippen LogP contribution in [0.3, 0.4) is 0 Å². The van der Waals surface area contributed by atoms with Gasteiger partial charge >= 0.3 is 5.97 Å². The molecule has 0 aliphatic heterocycles. The second-order valence-corrected chi connectivity index (χ2v) is 11.8. The number of hydrogen-bond acceptors (Lipinski definition) is 8. The van der Waals surface area contributed by atoms with E-state index < -0.39 is 53.4 Å². The highest BCUT2D eigenvalue weighted by Crippen LogP contribution is 2.35. The fourth-order valence-corrected chi connectivity index (χ4v) is 5.39. The van der Waals surface area contributed by atoms with E-state index in [1.807, 2.05) is 20.8 Å². The number of nitrogens with one attached hydrogen (secondary N) is 4. The van der Waals surface area contributed by atoms with E-state index in [-0.39, 0.29) is 40.4 Å². The van der Waals surface area contributed by atoms with Gasteiger partial charge in [-0.25, -0.2) is 9.18 Å². The smallest absolute Gasteiger partial charge is 0.341 e. The summed E-state index contributed by atoms with van der Waals surface area (Å²) in [6, 6.07) is 4.05. The zero-order valence-electron chi connectivity index (χ0n) is 25.6. The van der Waals surface area contributed by atoms with Crippen molar-refractivity contribution in [3.8, 4) is 0 Å². The molecular formula is C30H42FN5O6S. The minimum atomic E-state index is -0.803.